The summed E-state index contributed by atoms with van der Waals surface area (Å²) in [5.41, 5.74) is 0.820. The number of thiophene rings is 1. The Morgan fingerprint density at radius 1 is 1.00 bits per heavy atom. The van der Waals surface area contributed by atoms with Crippen molar-refractivity contribution < 1.29 is 37.9 Å². The van der Waals surface area contributed by atoms with E-state index in [1.54, 1.807) is 13.8 Å². The van der Waals surface area contributed by atoms with Crippen molar-refractivity contribution in [1.29, 1.82) is 0 Å². The lowest BCUT2D eigenvalue weighted by Crippen LogP contribution is -2.22. The standard InChI is InChI=1S/C17H18N2O8S/c1-7-11(15(21)24-4)14(28-13(7)17(23)25-5)18-10(20)6-26-16(22)12-8(2)19-27-9(12)3/h6H2,1-5H3,(H,18,20). The Hall–Kier alpha value is -3.21. The van der Waals surface area contributed by atoms with Crippen LogP contribution in [0.3, 0.4) is 0 Å². The van der Waals surface area contributed by atoms with Gasteiger partial charge in [0.2, 0.25) is 0 Å². The van der Waals surface area contributed by atoms with Crippen molar-refractivity contribution in [3.05, 3.63) is 33.0 Å². The van der Waals surface area contributed by atoms with Crippen LogP contribution in [0.1, 0.15) is 47.4 Å². The molecule has 11 heteroatoms. The summed E-state index contributed by atoms with van der Waals surface area (Å²) < 4.78 is 19.2. The number of aromatic nitrogens is 1. The molecule has 2 heterocycles. The van der Waals surface area contributed by atoms with E-state index in [9.17, 15) is 19.2 Å². The van der Waals surface area contributed by atoms with Crippen LogP contribution in [0, 0.1) is 20.8 Å². The van der Waals surface area contributed by atoms with Crippen molar-refractivity contribution in [3.8, 4) is 0 Å². The molecule has 0 saturated carbocycles. The fraction of sp³-hybridized carbons (Fsp3) is 0.353. The SMILES string of the molecule is COC(=O)c1sc(NC(=O)COC(=O)c2c(C)noc2C)c(C(=O)OC)c1C. The largest absolute Gasteiger partial charge is 0.465 e. The second-order valence-electron chi connectivity index (χ2n) is 5.57. The number of aryl methyl sites for hydroxylation is 2. The fourth-order valence-electron chi connectivity index (χ4n) is 2.38. The molecule has 1 amide bonds. The number of rotatable bonds is 6. The van der Waals surface area contributed by atoms with Crippen LogP contribution < -0.4 is 5.32 Å². The number of nitrogens with zero attached hydrogens (tertiary/aromatic N) is 1. The first kappa shape index (κ1) is 21.1. The van der Waals surface area contributed by atoms with E-state index in [1.807, 2.05) is 0 Å². The third-order valence-electron chi connectivity index (χ3n) is 3.73. The van der Waals surface area contributed by atoms with Gasteiger partial charge in [0, 0.05) is 0 Å². The fourth-order valence-corrected chi connectivity index (χ4v) is 3.51. The topological polar surface area (TPSA) is 134 Å². The molecular weight excluding hydrogens is 392 g/mol. The lowest BCUT2D eigenvalue weighted by molar-refractivity contribution is -0.119. The number of ether oxygens (including phenoxy) is 3. The Morgan fingerprint density at radius 3 is 2.18 bits per heavy atom. The maximum absolute atomic E-state index is 12.2. The van der Waals surface area contributed by atoms with Crippen LogP contribution in [0.2, 0.25) is 0 Å². The summed E-state index contributed by atoms with van der Waals surface area (Å²) >= 11 is 0.855. The predicted octanol–water partition coefficient (Wildman–Crippen LogP) is 2.03. The van der Waals surface area contributed by atoms with E-state index in [1.165, 1.54) is 21.1 Å². The van der Waals surface area contributed by atoms with Gasteiger partial charge in [-0.25, -0.2) is 14.4 Å². The van der Waals surface area contributed by atoms with Gasteiger partial charge in [0.15, 0.2) is 6.61 Å². The first-order valence-electron chi connectivity index (χ1n) is 7.91. The van der Waals surface area contributed by atoms with Gasteiger partial charge in [0.05, 0.1) is 25.5 Å². The molecule has 0 spiro atoms. The molecule has 150 valence electrons. The van der Waals surface area contributed by atoms with Crippen LogP contribution in [-0.4, -0.2) is 49.8 Å². The van der Waals surface area contributed by atoms with Crippen molar-refractivity contribution in [2.45, 2.75) is 20.8 Å². The molecular formula is C17H18N2O8S. The van der Waals surface area contributed by atoms with E-state index in [-0.39, 0.29) is 26.8 Å². The number of carbonyl (C=O) groups is 4. The van der Waals surface area contributed by atoms with Crippen molar-refractivity contribution in [2.75, 3.05) is 26.1 Å². The van der Waals surface area contributed by atoms with Crippen molar-refractivity contribution in [2.24, 2.45) is 0 Å². The number of anilines is 1. The van der Waals surface area contributed by atoms with Gasteiger partial charge in [-0.05, 0) is 26.3 Å². The number of amides is 1. The van der Waals surface area contributed by atoms with Gasteiger partial charge in [-0.3, -0.25) is 4.79 Å². The molecule has 0 saturated heterocycles. The van der Waals surface area contributed by atoms with Crippen molar-refractivity contribution in [1.82, 2.24) is 5.16 Å². The zero-order valence-electron chi connectivity index (χ0n) is 15.8. The molecule has 0 radical (unpaired) electrons. The molecule has 0 unspecified atom stereocenters. The average Bonchev–Trinajstić information content (AvgIpc) is 3.17. The molecule has 2 rings (SSSR count). The molecule has 10 nitrogen and oxygen atoms in total. The van der Waals surface area contributed by atoms with Crippen LogP contribution in [0.5, 0.6) is 0 Å². The molecule has 0 bridgehead atoms. The van der Waals surface area contributed by atoms with Gasteiger partial charge < -0.3 is 24.1 Å². The summed E-state index contributed by atoms with van der Waals surface area (Å²) in [5, 5.41) is 6.18. The lowest BCUT2D eigenvalue weighted by Gasteiger charge is -2.07. The molecule has 1 N–H and O–H groups in total. The van der Waals surface area contributed by atoms with Crippen LogP contribution in [0.4, 0.5) is 5.00 Å². The monoisotopic (exact) mass is 410 g/mol. The van der Waals surface area contributed by atoms with Gasteiger partial charge in [-0.2, -0.15) is 0 Å². The molecule has 28 heavy (non-hydrogen) atoms. The number of nitrogens with one attached hydrogen (secondary N) is 1. The van der Waals surface area contributed by atoms with E-state index in [0.29, 0.717) is 11.3 Å². The highest BCUT2D eigenvalue weighted by molar-refractivity contribution is 7.18. The molecule has 0 aromatic carbocycles. The Bertz CT molecular complexity index is 924. The number of carbonyl (C=O) groups excluding carboxylic acids is 4. The molecule has 0 aliphatic carbocycles. The number of hydrogen-bond acceptors (Lipinski definition) is 10. The summed E-state index contributed by atoms with van der Waals surface area (Å²) in [6.07, 6.45) is 0. The summed E-state index contributed by atoms with van der Waals surface area (Å²) in [6, 6.07) is 0. The van der Waals surface area contributed by atoms with Crippen LogP contribution in [0.15, 0.2) is 4.52 Å². The van der Waals surface area contributed by atoms with Crippen LogP contribution in [0.25, 0.3) is 0 Å². The van der Waals surface area contributed by atoms with E-state index >= 15 is 0 Å². The molecule has 0 fully saturated rings. The zero-order chi connectivity index (χ0) is 21.0. The minimum atomic E-state index is -0.766. The maximum Gasteiger partial charge on any atom is 0.348 e. The van der Waals surface area contributed by atoms with Crippen LogP contribution in [-0.2, 0) is 19.0 Å². The minimum Gasteiger partial charge on any atom is -0.465 e. The molecule has 2 aromatic rings. The van der Waals surface area contributed by atoms with Crippen molar-refractivity contribution >= 4 is 40.2 Å². The highest BCUT2D eigenvalue weighted by atomic mass is 32.1. The van der Waals surface area contributed by atoms with Gasteiger partial charge in [0.1, 0.15) is 21.2 Å². The third-order valence-corrected chi connectivity index (χ3v) is 4.92. The summed E-state index contributed by atoms with van der Waals surface area (Å²) in [7, 11) is 2.37. The first-order valence-corrected chi connectivity index (χ1v) is 8.72. The number of hydrogen-bond donors (Lipinski definition) is 1. The van der Waals surface area contributed by atoms with Gasteiger partial charge in [-0.1, -0.05) is 5.16 Å². The summed E-state index contributed by atoms with van der Waals surface area (Å²) in [6.45, 7) is 4.02. The number of methoxy groups -OCH3 is 2. The predicted molar refractivity (Wildman–Crippen MR) is 96.6 cm³/mol. The van der Waals surface area contributed by atoms with E-state index in [2.05, 4.69) is 15.2 Å². The Labute approximate surface area is 163 Å². The molecule has 0 aliphatic heterocycles. The molecule has 2 aromatic heterocycles. The second-order valence-corrected chi connectivity index (χ2v) is 6.59. The smallest absolute Gasteiger partial charge is 0.348 e. The highest BCUT2D eigenvalue weighted by Crippen LogP contribution is 2.34. The van der Waals surface area contributed by atoms with Gasteiger partial charge in [0.25, 0.3) is 5.91 Å². The quantitative estimate of drug-likeness (QED) is 0.560. The molecule has 0 atom stereocenters. The minimum absolute atomic E-state index is 0.0262. The van der Waals surface area contributed by atoms with E-state index < -0.39 is 30.4 Å². The molecule has 0 aliphatic rings. The van der Waals surface area contributed by atoms with E-state index in [0.717, 1.165) is 11.3 Å². The summed E-state index contributed by atoms with van der Waals surface area (Å²) in [5.74, 6) is -2.59. The highest BCUT2D eigenvalue weighted by Gasteiger charge is 2.27. The third kappa shape index (κ3) is 4.19. The van der Waals surface area contributed by atoms with Crippen LogP contribution >= 0.6 is 11.3 Å². The lowest BCUT2D eigenvalue weighted by atomic mass is 10.1. The second kappa shape index (κ2) is 8.65. The first-order chi connectivity index (χ1) is 13.2. The maximum atomic E-state index is 12.2. The normalized spacial score (nSPS) is 10.3. The Balaban J connectivity index is 2.16. The zero-order valence-corrected chi connectivity index (χ0v) is 16.6. The number of esters is 3. The Morgan fingerprint density at radius 2 is 1.64 bits per heavy atom. The van der Waals surface area contributed by atoms with E-state index in [4.69, 9.17) is 14.0 Å². The van der Waals surface area contributed by atoms with Gasteiger partial charge >= 0.3 is 17.9 Å². The average molecular weight is 410 g/mol. The summed E-state index contributed by atoms with van der Waals surface area (Å²) in [4.78, 5) is 48.3. The Kier molecular flexibility index (Phi) is 6.52. The van der Waals surface area contributed by atoms with Crippen molar-refractivity contribution in [3.63, 3.8) is 0 Å². The van der Waals surface area contributed by atoms with Gasteiger partial charge in [-0.15, -0.1) is 11.3 Å².